The second-order valence-corrected chi connectivity index (χ2v) is 6.74. The first kappa shape index (κ1) is 18.6. The van der Waals surface area contributed by atoms with Crippen molar-refractivity contribution >= 4 is 23.5 Å². The third kappa shape index (κ3) is 6.40. The molecule has 6 heteroatoms. The molecule has 1 aromatic rings. The van der Waals surface area contributed by atoms with Crippen LogP contribution in [0.25, 0.3) is 0 Å². The van der Waals surface area contributed by atoms with Crippen molar-refractivity contribution in [3.63, 3.8) is 0 Å². The van der Waals surface area contributed by atoms with Gasteiger partial charge < -0.3 is 15.5 Å². The molecule has 1 aromatic carbocycles. The van der Waals surface area contributed by atoms with Gasteiger partial charge in [-0.2, -0.15) is 0 Å². The van der Waals surface area contributed by atoms with Crippen LogP contribution in [0.2, 0.25) is 5.02 Å². The minimum absolute atomic E-state index is 0.0144. The first-order valence-corrected chi connectivity index (χ1v) is 8.96. The lowest BCUT2D eigenvalue weighted by Crippen LogP contribution is -2.45. The van der Waals surface area contributed by atoms with Crippen molar-refractivity contribution in [2.24, 2.45) is 0 Å². The van der Waals surface area contributed by atoms with Crippen molar-refractivity contribution in [3.8, 4) is 0 Å². The van der Waals surface area contributed by atoms with E-state index >= 15 is 0 Å². The normalized spacial score (nSPS) is 14.9. The zero-order valence-electron chi connectivity index (χ0n) is 14.2. The van der Waals surface area contributed by atoms with Crippen LogP contribution >= 0.6 is 11.6 Å². The molecule has 1 saturated carbocycles. The van der Waals surface area contributed by atoms with Crippen LogP contribution < -0.4 is 10.6 Å². The second kappa shape index (κ2) is 9.52. The molecule has 1 aliphatic carbocycles. The molecule has 1 fully saturated rings. The van der Waals surface area contributed by atoms with E-state index in [0.29, 0.717) is 24.7 Å². The van der Waals surface area contributed by atoms with Gasteiger partial charge in [0.15, 0.2) is 0 Å². The van der Waals surface area contributed by atoms with Crippen LogP contribution in [-0.4, -0.2) is 36.0 Å². The summed E-state index contributed by atoms with van der Waals surface area (Å²) in [6.45, 7) is 2.97. The summed E-state index contributed by atoms with van der Waals surface area (Å²) in [6.07, 6.45) is 5.75. The second-order valence-electron chi connectivity index (χ2n) is 6.30. The summed E-state index contributed by atoms with van der Waals surface area (Å²) in [6, 6.07) is 7.58. The highest BCUT2D eigenvalue weighted by Gasteiger charge is 2.15. The molecule has 0 radical (unpaired) electrons. The minimum atomic E-state index is -0.142. The van der Waals surface area contributed by atoms with Crippen molar-refractivity contribution in [1.29, 1.82) is 0 Å². The van der Waals surface area contributed by atoms with E-state index in [1.165, 1.54) is 26.2 Å². The Kier molecular flexibility index (Phi) is 7.37. The van der Waals surface area contributed by atoms with Crippen molar-refractivity contribution in [2.45, 2.75) is 51.6 Å². The molecule has 2 rings (SSSR count). The van der Waals surface area contributed by atoms with Crippen LogP contribution in [-0.2, 0) is 11.3 Å². The van der Waals surface area contributed by atoms with Crippen LogP contribution in [0.15, 0.2) is 24.3 Å². The summed E-state index contributed by atoms with van der Waals surface area (Å²) in [5, 5.41) is 6.53. The predicted molar refractivity (Wildman–Crippen MR) is 96.0 cm³/mol. The van der Waals surface area contributed by atoms with E-state index in [0.717, 1.165) is 18.4 Å². The van der Waals surface area contributed by atoms with Gasteiger partial charge in [-0.15, -0.1) is 0 Å². The van der Waals surface area contributed by atoms with Gasteiger partial charge in [0.05, 0.1) is 0 Å². The molecule has 0 unspecified atom stereocenters. The average Bonchev–Trinajstić information content (AvgIpc) is 2.56. The number of rotatable bonds is 6. The summed E-state index contributed by atoms with van der Waals surface area (Å²) >= 11 is 5.87. The van der Waals surface area contributed by atoms with Gasteiger partial charge in [-0.3, -0.25) is 4.79 Å². The van der Waals surface area contributed by atoms with E-state index in [-0.39, 0.29) is 18.0 Å². The Morgan fingerprint density at radius 2 is 1.83 bits per heavy atom. The minimum Gasteiger partial charge on any atom is -0.337 e. The fourth-order valence-corrected chi connectivity index (χ4v) is 3.07. The van der Waals surface area contributed by atoms with Crippen molar-refractivity contribution < 1.29 is 9.59 Å². The number of hydrogen-bond acceptors (Lipinski definition) is 2. The molecule has 0 bridgehead atoms. The maximum atomic E-state index is 11.9. The molecule has 0 spiro atoms. The fourth-order valence-electron chi connectivity index (χ4n) is 2.95. The Morgan fingerprint density at radius 3 is 2.46 bits per heavy atom. The van der Waals surface area contributed by atoms with Gasteiger partial charge in [0.1, 0.15) is 0 Å². The number of nitrogens with one attached hydrogen (secondary N) is 2. The number of halogens is 1. The molecular formula is C18H26ClN3O2. The molecular weight excluding hydrogens is 326 g/mol. The van der Waals surface area contributed by atoms with Crippen molar-refractivity contribution in [2.75, 3.05) is 13.1 Å². The van der Waals surface area contributed by atoms with Crippen LogP contribution in [0.3, 0.4) is 0 Å². The van der Waals surface area contributed by atoms with Crippen LogP contribution in [0.1, 0.15) is 44.6 Å². The zero-order chi connectivity index (χ0) is 17.4. The van der Waals surface area contributed by atoms with E-state index < -0.39 is 0 Å². The SMILES string of the molecule is CC(=O)N(CCNC(=O)NC1CCCCC1)Cc1ccc(Cl)cc1. The maximum Gasteiger partial charge on any atom is 0.315 e. The van der Waals surface area contributed by atoms with Gasteiger partial charge >= 0.3 is 6.03 Å². The quantitative estimate of drug-likeness (QED) is 0.825. The molecule has 24 heavy (non-hydrogen) atoms. The molecule has 0 aliphatic heterocycles. The number of hydrogen-bond donors (Lipinski definition) is 2. The van der Waals surface area contributed by atoms with Gasteiger partial charge in [-0.05, 0) is 30.5 Å². The largest absolute Gasteiger partial charge is 0.337 e. The molecule has 0 atom stereocenters. The van der Waals surface area contributed by atoms with Gasteiger partial charge in [-0.25, -0.2) is 4.79 Å². The van der Waals surface area contributed by atoms with Gasteiger partial charge in [0.25, 0.3) is 0 Å². The number of nitrogens with zero attached hydrogens (tertiary/aromatic N) is 1. The zero-order valence-corrected chi connectivity index (χ0v) is 14.9. The molecule has 0 aromatic heterocycles. The number of carbonyl (C=O) groups excluding carboxylic acids is 2. The molecule has 1 aliphatic rings. The summed E-state index contributed by atoms with van der Waals surface area (Å²) in [7, 11) is 0. The number of benzene rings is 1. The van der Waals surface area contributed by atoms with E-state index in [1.54, 1.807) is 4.90 Å². The lowest BCUT2D eigenvalue weighted by molar-refractivity contribution is -0.129. The van der Waals surface area contributed by atoms with E-state index in [4.69, 9.17) is 11.6 Å². The topological polar surface area (TPSA) is 61.4 Å². The third-order valence-corrected chi connectivity index (χ3v) is 4.59. The summed E-state index contributed by atoms with van der Waals surface area (Å²) in [5.74, 6) is -0.0144. The Morgan fingerprint density at radius 1 is 1.17 bits per heavy atom. The molecule has 2 N–H and O–H groups in total. The summed E-state index contributed by atoms with van der Waals surface area (Å²) in [4.78, 5) is 25.4. The lowest BCUT2D eigenvalue weighted by Gasteiger charge is -2.24. The standard InChI is InChI=1S/C18H26ClN3O2/c1-14(23)22(13-15-7-9-16(19)10-8-15)12-11-20-18(24)21-17-5-3-2-4-6-17/h7-10,17H,2-6,11-13H2,1H3,(H2,20,21,24). The van der Waals surface area contributed by atoms with E-state index in [9.17, 15) is 9.59 Å². The fraction of sp³-hybridized carbons (Fsp3) is 0.556. The van der Waals surface area contributed by atoms with E-state index in [1.807, 2.05) is 24.3 Å². The van der Waals surface area contributed by atoms with Gasteiger partial charge in [-0.1, -0.05) is 43.0 Å². The molecule has 0 saturated heterocycles. The van der Waals surface area contributed by atoms with E-state index in [2.05, 4.69) is 10.6 Å². The molecule has 132 valence electrons. The van der Waals surface area contributed by atoms with Crippen molar-refractivity contribution in [3.05, 3.63) is 34.9 Å². The molecule has 3 amide bonds. The van der Waals surface area contributed by atoms with Gasteiger partial charge in [0, 0.05) is 37.6 Å². The average molecular weight is 352 g/mol. The van der Waals surface area contributed by atoms with Crippen LogP contribution in [0.5, 0.6) is 0 Å². The summed E-state index contributed by atoms with van der Waals surface area (Å²) in [5.41, 5.74) is 1.02. The lowest BCUT2D eigenvalue weighted by atomic mass is 9.96. The highest BCUT2D eigenvalue weighted by atomic mass is 35.5. The Balaban J connectivity index is 1.73. The number of carbonyl (C=O) groups is 2. The van der Waals surface area contributed by atoms with Crippen LogP contribution in [0.4, 0.5) is 4.79 Å². The Bertz CT molecular complexity index is 542. The first-order valence-electron chi connectivity index (χ1n) is 8.59. The predicted octanol–water partition coefficient (Wildman–Crippen LogP) is 3.32. The van der Waals surface area contributed by atoms with Crippen molar-refractivity contribution in [1.82, 2.24) is 15.5 Å². The highest BCUT2D eigenvalue weighted by molar-refractivity contribution is 6.30. The maximum absolute atomic E-state index is 11.9. The number of urea groups is 1. The first-order chi connectivity index (χ1) is 11.5. The van der Waals surface area contributed by atoms with Gasteiger partial charge in [0.2, 0.25) is 5.91 Å². The third-order valence-electron chi connectivity index (χ3n) is 4.34. The Hall–Kier alpha value is -1.75. The number of amides is 3. The molecule has 5 nitrogen and oxygen atoms in total. The Labute approximate surface area is 148 Å². The highest BCUT2D eigenvalue weighted by Crippen LogP contribution is 2.17. The summed E-state index contributed by atoms with van der Waals surface area (Å²) < 4.78 is 0. The monoisotopic (exact) mass is 351 g/mol. The molecule has 0 heterocycles. The smallest absolute Gasteiger partial charge is 0.315 e. The van der Waals surface area contributed by atoms with Crippen LogP contribution in [0, 0.1) is 0 Å².